The Kier molecular flexibility index (Phi) is 10.1. The van der Waals surface area contributed by atoms with E-state index in [1.54, 1.807) is 18.0 Å². The fourth-order valence-electron chi connectivity index (χ4n) is 1.50. The van der Waals surface area contributed by atoms with Gasteiger partial charge < -0.3 is 10.5 Å². The van der Waals surface area contributed by atoms with Crippen molar-refractivity contribution in [1.29, 1.82) is 0 Å². The van der Waals surface area contributed by atoms with Crippen LogP contribution in [-0.4, -0.2) is 15.0 Å². The number of pyridine rings is 1. The number of hydrogen-bond acceptors (Lipinski definition) is 3. The molecular formula is C15H15ClCuN3S2. The molecule has 0 N–H and O–H groups in total. The van der Waals surface area contributed by atoms with Crippen molar-refractivity contribution in [2.75, 3.05) is 0 Å². The van der Waals surface area contributed by atoms with Crippen LogP contribution in [0.2, 0.25) is 0 Å². The number of nitrogens with zero attached hydrogens (tertiary/aromatic N) is 3. The first-order chi connectivity index (χ1) is 10.8. The van der Waals surface area contributed by atoms with Gasteiger partial charge in [0.25, 0.3) is 0 Å². The number of benzene rings is 1. The second-order valence-electron chi connectivity index (χ2n) is 4.06. The van der Waals surface area contributed by atoms with Gasteiger partial charge in [0.05, 0.1) is 5.69 Å². The van der Waals surface area contributed by atoms with E-state index < -0.39 is 0 Å². The van der Waals surface area contributed by atoms with Crippen LogP contribution in [0.25, 0.3) is 5.43 Å². The maximum absolute atomic E-state index is 4.33. The summed E-state index contributed by atoms with van der Waals surface area (Å²) < 4.78 is 0.643. The van der Waals surface area contributed by atoms with Gasteiger partial charge in [-0.05, 0) is 24.6 Å². The number of hydrogen-bond donors (Lipinski definition) is 0. The van der Waals surface area contributed by atoms with E-state index in [2.05, 4.69) is 65.1 Å². The molecule has 2 aromatic rings. The summed E-state index contributed by atoms with van der Waals surface area (Å²) in [6.07, 6.45) is 1.74. The fourth-order valence-corrected chi connectivity index (χ4v) is 2.32. The SMILES string of the molecule is CC(=N[N-]C(=[SH+])SCc1ccccc1)c1ccccn1.[Cl][Cu]. The van der Waals surface area contributed by atoms with Crippen molar-refractivity contribution in [3.05, 3.63) is 71.4 Å². The van der Waals surface area contributed by atoms with Crippen LogP contribution in [0.3, 0.4) is 0 Å². The summed E-state index contributed by atoms with van der Waals surface area (Å²) in [5.74, 6) is 0.835. The molecular weight excluding hydrogens is 385 g/mol. The molecule has 0 radical (unpaired) electrons. The standard InChI is InChI=1S/C15H15N3S2.ClH.Cu/c1-12(14-9-5-6-10-16-14)17-18-15(19)20-11-13-7-3-2-4-8-13;;/h2-10H,11H2,1H3,(H,16,18,19);1H;/q;;+1/p-1. The van der Waals surface area contributed by atoms with E-state index in [1.165, 1.54) is 5.56 Å². The summed E-state index contributed by atoms with van der Waals surface area (Å²) >= 11 is 9.55. The van der Waals surface area contributed by atoms with E-state index in [-0.39, 0.29) is 0 Å². The van der Waals surface area contributed by atoms with Crippen LogP contribution < -0.4 is 0 Å². The molecule has 7 heteroatoms. The molecule has 1 aromatic heterocycles. The van der Waals surface area contributed by atoms with Crippen molar-refractivity contribution < 1.29 is 15.1 Å². The quantitative estimate of drug-likeness (QED) is 0.193. The Morgan fingerprint density at radius 2 is 1.91 bits per heavy atom. The molecule has 0 bridgehead atoms. The van der Waals surface area contributed by atoms with E-state index in [9.17, 15) is 0 Å². The van der Waals surface area contributed by atoms with E-state index in [1.807, 2.05) is 43.3 Å². The zero-order valence-electron chi connectivity index (χ0n) is 11.8. The number of aromatic nitrogens is 1. The number of thiol groups is 1. The van der Waals surface area contributed by atoms with Crippen molar-refractivity contribution in [1.82, 2.24) is 4.98 Å². The molecule has 22 heavy (non-hydrogen) atoms. The molecule has 0 spiro atoms. The molecule has 0 unspecified atom stereocenters. The van der Waals surface area contributed by atoms with E-state index in [4.69, 9.17) is 0 Å². The monoisotopic (exact) mass is 399 g/mol. The van der Waals surface area contributed by atoms with Gasteiger partial charge in [-0.15, -0.1) is 0 Å². The predicted molar refractivity (Wildman–Crippen MR) is 97.2 cm³/mol. The van der Waals surface area contributed by atoms with Crippen molar-refractivity contribution in [3.8, 4) is 0 Å². The first-order valence-electron chi connectivity index (χ1n) is 6.26. The maximum atomic E-state index is 4.33. The first kappa shape index (κ1) is 19.1. The molecule has 3 nitrogen and oxygen atoms in total. The van der Waals surface area contributed by atoms with Crippen LogP contribution in [0, 0.1) is 0 Å². The van der Waals surface area contributed by atoms with Gasteiger partial charge in [-0.25, -0.2) is 0 Å². The number of halogens is 1. The van der Waals surface area contributed by atoms with Crippen LogP contribution >= 0.6 is 21.9 Å². The average Bonchev–Trinajstić information content (AvgIpc) is 2.61. The average molecular weight is 400 g/mol. The van der Waals surface area contributed by atoms with Crippen LogP contribution in [0.15, 0.2) is 59.8 Å². The van der Waals surface area contributed by atoms with Gasteiger partial charge in [-0.1, -0.05) is 48.2 Å². The minimum atomic E-state index is 0.643. The van der Waals surface area contributed by atoms with Gasteiger partial charge >= 0.3 is 25.2 Å². The van der Waals surface area contributed by atoms with Gasteiger partial charge in [-0.3, -0.25) is 4.98 Å². The van der Waals surface area contributed by atoms with Crippen molar-refractivity contribution >= 4 is 44.1 Å². The third kappa shape index (κ3) is 7.38. The van der Waals surface area contributed by atoms with E-state index in [0.29, 0.717) is 4.32 Å². The summed E-state index contributed by atoms with van der Waals surface area (Å²) in [4.78, 5) is 4.22. The molecule has 0 aliphatic carbocycles. The Balaban J connectivity index is 0.00000116. The normalized spacial score (nSPS) is 10.5. The Morgan fingerprint density at radius 1 is 1.23 bits per heavy atom. The molecule has 1 aromatic carbocycles. The Labute approximate surface area is 153 Å². The van der Waals surface area contributed by atoms with Gasteiger partial charge in [0.15, 0.2) is 16.5 Å². The molecule has 0 saturated carbocycles. The molecule has 0 aliphatic rings. The molecule has 120 valence electrons. The van der Waals surface area contributed by atoms with Crippen LogP contribution in [0.5, 0.6) is 0 Å². The summed E-state index contributed by atoms with van der Waals surface area (Å²) in [6.45, 7) is 1.88. The van der Waals surface area contributed by atoms with Gasteiger partial charge in [0, 0.05) is 17.7 Å². The Hall–Kier alpha value is -0.911. The van der Waals surface area contributed by atoms with Gasteiger partial charge in [-0.2, -0.15) is 0 Å². The second-order valence-corrected chi connectivity index (χ2v) is 5.75. The van der Waals surface area contributed by atoms with E-state index in [0.717, 1.165) is 17.2 Å². The third-order valence-corrected chi connectivity index (χ3v) is 3.83. The minimum absolute atomic E-state index is 0.643. The third-order valence-electron chi connectivity index (χ3n) is 2.53. The summed E-state index contributed by atoms with van der Waals surface area (Å²) in [5.41, 5.74) is 6.95. The number of rotatable bonds is 4. The zero-order valence-corrected chi connectivity index (χ0v) is 15.2. The molecule has 1 heterocycles. The molecule has 0 saturated heterocycles. The summed E-state index contributed by atoms with van der Waals surface area (Å²) in [5, 5.41) is 4.15. The van der Waals surface area contributed by atoms with Crippen LogP contribution in [0.1, 0.15) is 18.2 Å². The summed E-state index contributed by atoms with van der Waals surface area (Å²) in [6, 6.07) is 15.9. The fraction of sp³-hybridized carbons (Fsp3) is 0.133. The van der Waals surface area contributed by atoms with Gasteiger partial charge in [0.2, 0.25) is 0 Å². The van der Waals surface area contributed by atoms with Crippen molar-refractivity contribution in [2.45, 2.75) is 12.7 Å². The van der Waals surface area contributed by atoms with E-state index >= 15 is 0 Å². The van der Waals surface area contributed by atoms with Crippen molar-refractivity contribution in [3.63, 3.8) is 0 Å². The van der Waals surface area contributed by atoms with Crippen LogP contribution in [-0.2, 0) is 33.1 Å². The van der Waals surface area contributed by atoms with Gasteiger partial charge in [0.1, 0.15) is 0 Å². The first-order valence-corrected chi connectivity index (χ1v) is 8.99. The second kappa shape index (κ2) is 11.6. The molecule has 0 amide bonds. The van der Waals surface area contributed by atoms with Crippen LogP contribution in [0.4, 0.5) is 0 Å². The molecule has 0 fully saturated rings. The Bertz CT molecular complexity index is 594. The molecule has 2 rings (SSSR count). The summed E-state index contributed by atoms with van der Waals surface area (Å²) in [7, 11) is 4.20. The molecule has 0 atom stereocenters. The zero-order chi connectivity index (χ0) is 16.2. The van der Waals surface area contributed by atoms with Crippen molar-refractivity contribution in [2.24, 2.45) is 5.10 Å². The number of thioether (sulfide) groups is 1. The topological polar surface area (TPSA) is 39.4 Å². The Morgan fingerprint density at radius 3 is 2.55 bits per heavy atom. The molecule has 0 aliphatic heterocycles. The predicted octanol–water partition coefficient (Wildman–Crippen LogP) is 4.17.